The number of hydrogen-bond donors (Lipinski definition) is 0. The predicted molar refractivity (Wildman–Crippen MR) is 77.5 cm³/mol. The fraction of sp³-hybridized carbons (Fsp3) is 0.588. The third kappa shape index (κ3) is 3.06. The lowest BCUT2D eigenvalue weighted by Gasteiger charge is -2.38. The van der Waals surface area contributed by atoms with Crippen LogP contribution < -0.4 is 0 Å². The summed E-state index contributed by atoms with van der Waals surface area (Å²) in [6, 6.07) is 7.86. The third-order valence-electron chi connectivity index (χ3n) is 4.07. The SMILES string of the molecule is CCOC1(C(=O)c2cccc(C)c2)CCCC(C)C1. The summed E-state index contributed by atoms with van der Waals surface area (Å²) in [5.41, 5.74) is 1.34. The fourth-order valence-corrected chi connectivity index (χ4v) is 3.23. The standard InChI is InChI=1S/C17H24O2/c1-4-19-17(10-6-8-14(3)12-17)16(18)15-9-5-7-13(2)11-15/h5,7,9,11,14H,4,6,8,10,12H2,1-3H3. The topological polar surface area (TPSA) is 26.3 Å². The molecule has 0 aliphatic heterocycles. The number of carbonyl (C=O) groups excluding carboxylic acids is 1. The van der Waals surface area contributed by atoms with Gasteiger partial charge < -0.3 is 4.74 Å². The van der Waals surface area contributed by atoms with E-state index in [0.717, 1.165) is 30.4 Å². The Kier molecular flexibility index (Phi) is 4.41. The molecule has 19 heavy (non-hydrogen) atoms. The summed E-state index contributed by atoms with van der Waals surface area (Å²) in [7, 11) is 0. The Morgan fingerprint density at radius 1 is 1.47 bits per heavy atom. The Bertz CT molecular complexity index is 448. The van der Waals surface area contributed by atoms with Crippen molar-refractivity contribution in [3.8, 4) is 0 Å². The lowest BCUT2D eigenvalue weighted by Crippen LogP contribution is -2.45. The van der Waals surface area contributed by atoms with Gasteiger partial charge in [0.05, 0.1) is 0 Å². The average Bonchev–Trinajstić information content (AvgIpc) is 2.38. The van der Waals surface area contributed by atoms with E-state index in [4.69, 9.17) is 4.74 Å². The minimum Gasteiger partial charge on any atom is -0.367 e. The van der Waals surface area contributed by atoms with Gasteiger partial charge in [-0.1, -0.05) is 37.1 Å². The van der Waals surface area contributed by atoms with Crippen LogP contribution in [0.5, 0.6) is 0 Å². The molecule has 0 bridgehead atoms. The van der Waals surface area contributed by atoms with Crippen LogP contribution in [0.25, 0.3) is 0 Å². The number of ether oxygens (including phenoxy) is 1. The van der Waals surface area contributed by atoms with E-state index in [1.54, 1.807) is 0 Å². The molecule has 2 nitrogen and oxygen atoms in total. The van der Waals surface area contributed by atoms with E-state index in [0.29, 0.717) is 12.5 Å². The quantitative estimate of drug-likeness (QED) is 0.760. The summed E-state index contributed by atoms with van der Waals surface area (Å²) in [6.07, 6.45) is 4.00. The Labute approximate surface area is 116 Å². The second-order valence-corrected chi connectivity index (χ2v) is 5.83. The monoisotopic (exact) mass is 260 g/mol. The summed E-state index contributed by atoms with van der Waals surface area (Å²) < 4.78 is 5.95. The molecular weight excluding hydrogens is 236 g/mol. The molecule has 0 spiro atoms. The van der Waals surface area contributed by atoms with Crippen LogP contribution in [0, 0.1) is 12.8 Å². The molecule has 1 aliphatic carbocycles. The summed E-state index contributed by atoms with van der Waals surface area (Å²) in [5.74, 6) is 0.735. The molecule has 104 valence electrons. The van der Waals surface area contributed by atoms with Crippen LogP contribution in [0.4, 0.5) is 0 Å². The molecule has 1 aliphatic rings. The number of Topliss-reactive ketones (excluding diaryl/α,β-unsaturated/α-hetero) is 1. The van der Waals surface area contributed by atoms with E-state index >= 15 is 0 Å². The summed E-state index contributed by atoms with van der Waals surface area (Å²) in [4.78, 5) is 12.9. The second kappa shape index (κ2) is 5.87. The molecule has 2 unspecified atom stereocenters. The van der Waals surface area contributed by atoms with E-state index in [1.807, 2.05) is 38.1 Å². The zero-order chi connectivity index (χ0) is 13.9. The zero-order valence-corrected chi connectivity index (χ0v) is 12.2. The lowest BCUT2D eigenvalue weighted by molar-refractivity contribution is -0.0511. The van der Waals surface area contributed by atoms with Crippen molar-refractivity contribution in [2.75, 3.05) is 6.61 Å². The fourth-order valence-electron chi connectivity index (χ4n) is 3.23. The molecular formula is C17H24O2. The molecule has 0 radical (unpaired) electrons. The maximum atomic E-state index is 12.9. The van der Waals surface area contributed by atoms with E-state index in [9.17, 15) is 4.79 Å². The van der Waals surface area contributed by atoms with E-state index in [1.165, 1.54) is 6.42 Å². The van der Waals surface area contributed by atoms with Crippen LogP contribution in [0.15, 0.2) is 24.3 Å². The Hall–Kier alpha value is -1.15. The molecule has 1 fully saturated rings. The van der Waals surface area contributed by atoms with Gasteiger partial charge in [0.15, 0.2) is 5.78 Å². The first-order chi connectivity index (χ1) is 9.07. The number of aryl methyl sites for hydroxylation is 1. The molecule has 0 amide bonds. The average molecular weight is 260 g/mol. The molecule has 0 N–H and O–H groups in total. The predicted octanol–water partition coefficient (Wildman–Crippen LogP) is 4.16. The maximum absolute atomic E-state index is 12.9. The highest BCUT2D eigenvalue weighted by atomic mass is 16.5. The van der Waals surface area contributed by atoms with Crippen molar-refractivity contribution < 1.29 is 9.53 Å². The van der Waals surface area contributed by atoms with Gasteiger partial charge in [0.2, 0.25) is 0 Å². The molecule has 2 atom stereocenters. The van der Waals surface area contributed by atoms with Crippen LogP contribution in [0.1, 0.15) is 55.5 Å². The summed E-state index contributed by atoms with van der Waals surface area (Å²) in [5, 5.41) is 0. The highest BCUT2D eigenvalue weighted by Gasteiger charge is 2.42. The zero-order valence-electron chi connectivity index (χ0n) is 12.2. The molecule has 1 aromatic carbocycles. The Morgan fingerprint density at radius 3 is 2.89 bits per heavy atom. The van der Waals surface area contributed by atoms with Gasteiger partial charge >= 0.3 is 0 Å². The minimum atomic E-state index is -0.583. The number of rotatable bonds is 4. The van der Waals surface area contributed by atoms with Crippen LogP contribution in [0.2, 0.25) is 0 Å². The molecule has 0 saturated heterocycles. The van der Waals surface area contributed by atoms with Gasteiger partial charge in [-0.05, 0) is 45.1 Å². The maximum Gasteiger partial charge on any atom is 0.194 e. The Morgan fingerprint density at radius 2 is 2.26 bits per heavy atom. The number of ketones is 1. The van der Waals surface area contributed by atoms with Crippen molar-refractivity contribution in [2.24, 2.45) is 5.92 Å². The highest BCUT2D eigenvalue weighted by Crippen LogP contribution is 2.37. The Balaban J connectivity index is 2.30. The van der Waals surface area contributed by atoms with E-state index in [2.05, 4.69) is 6.92 Å². The first-order valence-corrected chi connectivity index (χ1v) is 7.33. The lowest BCUT2D eigenvalue weighted by atomic mass is 9.74. The van der Waals surface area contributed by atoms with Gasteiger partial charge in [0.1, 0.15) is 5.60 Å². The van der Waals surface area contributed by atoms with Gasteiger partial charge in [-0.25, -0.2) is 0 Å². The number of carbonyl (C=O) groups is 1. The molecule has 2 heteroatoms. The van der Waals surface area contributed by atoms with E-state index in [-0.39, 0.29) is 5.78 Å². The van der Waals surface area contributed by atoms with Crippen LogP contribution in [0.3, 0.4) is 0 Å². The second-order valence-electron chi connectivity index (χ2n) is 5.83. The van der Waals surface area contributed by atoms with Gasteiger partial charge in [-0.3, -0.25) is 4.79 Å². The van der Waals surface area contributed by atoms with Crippen molar-refractivity contribution in [3.63, 3.8) is 0 Å². The van der Waals surface area contributed by atoms with Gasteiger partial charge in [0, 0.05) is 12.2 Å². The minimum absolute atomic E-state index is 0.171. The number of hydrogen-bond acceptors (Lipinski definition) is 2. The molecule has 2 rings (SSSR count). The highest BCUT2D eigenvalue weighted by molar-refractivity contribution is 6.02. The smallest absolute Gasteiger partial charge is 0.194 e. The summed E-state index contributed by atoms with van der Waals surface area (Å²) in [6.45, 7) is 6.82. The molecule has 1 aromatic rings. The number of benzene rings is 1. The first kappa shape index (κ1) is 14.3. The molecule has 0 heterocycles. The largest absolute Gasteiger partial charge is 0.367 e. The van der Waals surface area contributed by atoms with Crippen molar-refractivity contribution in [1.82, 2.24) is 0 Å². The van der Waals surface area contributed by atoms with Crippen LogP contribution in [-0.2, 0) is 4.74 Å². The van der Waals surface area contributed by atoms with Gasteiger partial charge in [-0.15, -0.1) is 0 Å². The van der Waals surface area contributed by atoms with Crippen molar-refractivity contribution >= 4 is 5.78 Å². The van der Waals surface area contributed by atoms with Crippen LogP contribution in [-0.4, -0.2) is 18.0 Å². The van der Waals surface area contributed by atoms with Crippen molar-refractivity contribution in [2.45, 2.75) is 52.1 Å². The van der Waals surface area contributed by atoms with Gasteiger partial charge in [0.25, 0.3) is 0 Å². The van der Waals surface area contributed by atoms with Crippen molar-refractivity contribution in [3.05, 3.63) is 35.4 Å². The van der Waals surface area contributed by atoms with Crippen LogP contribution >= 0.6 is 0 Å². The molecule has 0 aromatic heterocycles. The molecule has 1 saturated carbocycles. The summed E-state index contributed by atoms with van der Waals surface area (Å²) >= 11 is 0. The van der Waals surface area contributed by atoms with Gasteiger partial charge in [-0.2, -0.15) is 0 Å². The van der Waals surface area contributed by atoms with Crippen molar-refractivity contribution in [1.29, 1.82) is 0 Å². The first-order valence-electron chi connectivity index (χ1n) is 7.33. The third-order valence-corrected chi connectivity index (χ3v) is 4.07. The normalized spacial score (nSPS) is 27.2. The van der Waals surface area contributed by atoms with E-state index < -0.39 is 5.60 Å².